The smallest absolute Gasteiger partial charge is 0.265 e. The van der Waals surface area contributed by atoms with Crippen LogP contribution < -0.4 is 15.4 Å². The number of nitrogens with one attached hydrogen (secondary N) is 2. The highest BCUT2D eigenvalue weighted by Gasteiger charge is 2.29. The summed E-state index contributed by atoms with van der Waals surface area (Å²) in [4.78, 5) is 25.6. The number of hydrogen-bond acceptors (Lipinski definition) is 4. The largest absolute Gasteiger partial charge is 0.508 e. The Morgan fingerprint density at radius 3 is 2.11 bits per heavy atom. The molecular weight excluding hydrogens is 483 g/mol. The van der Waals surface area contributed by atoms with E-state index in [2.05, 4.69) is 64.3 Å². The number of halogens is 1. The minimum atomic E-state index is -1.66. The van der Waals surface area contributed by atoms with Crippen molar-refractivity contribution >= 4 is 23.2 Å². The van der Waals surface area contributed by atoms with Crippen LogP contribution in [-0.2, 0) is 20.4 Å². The Hall–Kier alpha value is -3.09. The number of phenolic OH excluding ortho intramolecular Hbond substituents is 1. The highest BCUT2D eigenvalue weighted by atomic mass is 19.1. The standard InChI is InChI=1S/C31H45FN2O4/c1-9-13-23(32)28(36)33-24-16-15-21(35)19-25(24)34-29(37)26(10-2)38-27-17-14-20(30(5,6)11-3)18-22(27)31(7,8)12-4/h14-19,23,26,35H,9-13H2,1-8H3,(H,33,36)(H,34,37). The van der Waals surface area contributed by atoms with E-state index in [9.17, 15) is 19.1 Å². The first-order valence-corrected chi connectivity index (χ1v) is 13.7. The predicted octanol–water partition coefficient (Wildman–Crippen LogP) is 7.64. The fraction of sp³-hybridized carbons (Fsp3) is 0.548. The van der Waals surface area contributed by atoms with E-state index in [1.54, 1.807) is 6.92 Å². The number of carbonyl (C=O) groups excluding carboxylic acids is 2. The van der Waals surface area contributed by atoms with E-state index in [1.807, 2.05) is 13.0 Å². The van der Waals surface area contributed by atoms with Gasteiger partial charge in [-0.2, -0.15) is 0 Å². The molecule has 7 heteroatoms. The van der Waals surface area contributed by atoms with Gasteiger partial charge in [0.25, 0.3) is 11.8 Å². The van der Waals surface area contributed by atoms with E-state index in [0.29, 0.717) is 18.6 Å². The molecule has 2 unspecified atom stereocenters. The Morgan fingerprint density at radius 1 is 0.895 bits per heavy atom. The second-order valence-corrected chi connectivity index (χ2v) is 11.2. The summed E-state index contributed by atoms with van der Waals surface area (Å²) in [5.41, 5.74) is 2.46. The van der Waals surface area contributed by atoms with Gasteiger partial charge < -0.3 is 20.5 Å². The van der Waals surface area contributed by atoms with Gasteiger partial charge in [0.15, 0.2) is 12.3 Å². The molecule has 6 nitrogen and oxygen atoms in total. The molecule has 0 radical (unpaired) electrons. The highest BCUT2D eigenvalue weighted by molar-refractivity contribution is 6.02. The van der Waals surface area contributed by atoms with Crippen LogP contribution in [0.2, 0.25) is 0 Å². The van der Waals surface area contributed by atoms with Gasteiger partial charge in [0.1, 0.15) is 11.5 Å². The van der Waals surface area contributed by atoms with Gasteiger partial charge in [0, 0.05) is 11.6 Å². The van der Waals surface area contributed by atoms with Crippen molar-refractivity contribution in [3.05, 3.63) is 47.5 Å². The second kappa shape index (κ2) is 13.1. The van der Waals surface area contributed by atoms with E-state index in [4.69, 9.17) is 4.74 Å². The van der Waals surface area contributed by atoms with E-state index < -0.39 is 24.1 Å². The topological polar surface area (TPSA) is 87.7 Å². The first kappa shape index (κ1) is 31.1. The minimum absolute atomic E-state index is 0.00449. The van der Waals surface area contributed by atoms with Crippen LogP contribution in [-0.4, -0.2) is 29.2 Å². The third kappa shape index (κ3) is 7.71. The van der Waals surface area contributed by atoms with Crippen molar-refractivity contribution in [3.8, 4) is 11.5 Å². The van der Waals surface area contributed by atoms with Crippen LogP contribution in [0.1, 0.15) is 98.6 Å². The van der Waals surface area contributed by atoms with Crippen LogP contribution in [0.15, 0.2) is 36.4 Å². The summed E-state index contributed by atoms with van der Waals surface area (Å²) in [6, 6.07) is 10.3. The molecule has 2 aromatic rings. The van der Waals surface area contributed by atoms with Crippen molar-refractivity contribution in [1.29, 1.82) is 0 Å². The maximum atomic E-state index is 14.1. The van der Waals surface area contributed by atoms with Crippen LogP contribution in [0.4, 0.5) is 15.8 Å². The van der Waals surface area contributed by atoms with Crippen LogP contribution in [0.5, 0.6) is 11.5 Å². The van der Waals surface area contributed by atoms with E-state index in [-0.39, 0.29) is 34.4 Å². The lowest BCUT2D eigenvalue weighted by Gasteiger charge is -2.31. The molecule has 0 bridgehead atoms. The van der Waals surface area contributed by atoms with Gasteiger partial charge in [-0.25, -0.2) is 4.39 Å². The zero-order valence-corrected chi connectivity index (χ0v) is 24.2. The highest BCUT2D eigenvalue weighted by Crippen LogP contribution is 2.39. The summed E-state index contributed by atoms with van der Waals surface area (Å²) in [5, 5.41) is 15.3. The number of anilines is 2. The number of benzene rings is 2. The molecule has 2 amide bonds. The van der Waals surface area contributed by atoms with Gasteiger partial charge >= 0.3 is 0 Å². The molecule has 2 atom stereocenters. The Labute approximate surface area is 227 Å². The number of hydrogen-bond donors (Lipinski definition) is 3. The average Bonchev–Trinajstić information content (AvgIpc) is 2.88. The van der Waals surface area contributed by atoms with Crippen molar-refractivity contribution < 1.29 is 23.8 Å². The van der Waals surface area contributed by atoms with Crippen molar-refractivity contribution in [2.24, 2.45) is 0 Å². The number of carbonyl (C=O) groups is 2. The summed E-state index contributed by atoms with van der Waals surface area (Å²) in [7, 11) is 0. The van der Waals surface area contributed by atoms with E-state index in [0.717, 1.165) is 18.4 Å². The van der Waals surface area contributed by atoms with Gasteiger partial charge in [-0.3, -0.25) is 9.59 Å². The molecule has 0 aliphatic heterocycles. The third-order valence-corrected chi connectivity index (χ3v) is 7.54. The molecule has 0 saturated carbocycles. The number of rotatable bonds is 13. The molecule has 0 spiro atoms. The van der Waals surface area contributed by atoms with Crippen LogP contribution >= 0.6 is 0 Å². The Kier molecular flexibility index (Phi) is 10.7. The Balaban J connectivity index is 2.35. The van der Waals surface area contributed by atoms with Gasteiger partial charge in [0.2, 0.25) is 0 Å². The lowest BCUT2D eigenvalue weighted by atomic mass is 9.76. The molecule has 0 saturated heterocycles. The lowest BCUT2D eigenvalue weighted by molar-refractivity contribution is -0.123. The summed E-state index contributed by atoms with van der Waals surface area (Å²) in [6.07, 6.45) is 0.408. The summed E-state index contributed by atoms with van der Waals surface area (Å²) in [6.45, 7) is 16.7. The predicted molar refractivity (Wildman–Crippen MR) is 153 cm³/mol. The monoisotopic (exact) mass is 528 g/mol. The molecule has 0 aromatic heterocycles. The molecule has 0 fully saturated rings. The zero-order valence-electron chi connectivity index (χ0n) is 24.2. The normalized spacial score (nSPS) is 13.5. The third-order valence-electron chi connectivity index (χ3n) is 7.54. The Bertz CT molecular complexity index is 1110. The first-order valence-electron chi connectivity index (χ1n) is 13.7. The lowest BCUT2D eigenvalue weighted by Crippen LogP contribution is -2.34. The van der Waals surface area contributed by atoms with Gasteiger partial charge in [-0.05, 0) is 60.3 Å². The maximum absolute atomic E-state index is 14.1. The molecule has 3 N–H and O–H groups in total. The van der Waals surface area contributed by atoms with Crippen molar-refractivity contribution in [1.82, 2.24) is 0 Å². The maximum Gasteiger partial charge on any atom is 0.265 e. The van der Waals surface area contributed by atoms with E-state index in [1.165, 1.54) is 23.8 Å². The number of alkyl halides is 1. The van der Waals surface area contributed by atoms with Crippen LogP contribution in [0.3, 0.4) is 0 Å². The molecule has 38 heavy (non-hydrogen) atoms. The van der Waals surface area contributed by atoms with Crippen molar-refractivity contribution in [3.63, 3.8) is 0 Å². The van der Waals surface area contributed by atoms with Gasteiger partial charge in [0.05, 0.1) is 11.4 Å². The number of ether oxygens (including phenoxy) is 1. The molecule has 0 heterocycles. The second-order valence-electron chi connectivity index (χ2n) is 11.2. The number of aromatic hydroxyl groups is 1. The molecule has 0 aliphatic rings. The Morgan fingerprint density at radius 2 is 1.53 bits per heavy atom. The first-order chi connectivity index (χ1) is 17.8. The fourth-order valence-corrected chi connectivity index (χ4v) is 4.01. The minimum Gasteiger partial charge on any atom is -0.508 e. The molecule has 2 aromatic carbocycles. The van der Waals surface area contributed by atoms with Crippen molar-refractivity contribution in [2.75, 3.05) is 10.6 Å². The number of amides is 2. The summed E-state index contributed by atoms with van der Waals surface area (Å²) in [5.74, 6) is -0.674. The SMILES string of the molecule is CCCC(F)C(=O)Nc1ccc(O)cc1NC(=O)C(CC)Oc1ccc(C(C)(C)CC)cc1C(C)(C)CC. The molecular formula is C31H45FN2O4. The van der Waals surface area contributed by atoms with Crippen LogP contribution in [0.25, 0.3) is 0 Å². The average molecular weight is 529 g/mol. The molecule has 0 aliphatic carbocycles. The zero-order chi connectivity index (χ0) is 28.7. The fourth-order valence-electron chi connectivity index (χ4n) is 4.01. The van der Waals surface area contributed by atoms with Gasteiger partial charge in [-0.1, -0.05) is 73.9 Å². The van der Waals surface area contributed by atoms with E-state index >= 15 is 0 Å². The summed E-state index contributed by atoms with van der Waals surface area (Å²) >= 11 is 0. The van der Waals surface area contributed by atoms with Crippen LogP contribution in [0, 0.1) is 0 Å². The van der Waals surface area contributed by atoms with Gasteiger partial charge in [-0.15, -0.1) is 0 Å². The summed E-state index contributed by atoms with van der Waals surface area (Å²) < 4.78 is 20.4. The van der Waals surface area contributed by atoms with Crippen molar-refractivity contribution in [2.45, 2.75) is 111 Å². The quantitative estimate of drug-likeness (QED) is 0.233. The number of phenols is 1. The molecule has 210 valence electrons. The molecule has 2 rings (SSSR count).